The lowest BCUT2D eigenvalue weighted by atomic mass is 9.86. The fraction of sp³-hybridized carbons (Fsp3) is 0.611. The first-order valence-electron chi connectivity index (χ1n) is 8.35. The minimum atomic E-state index is -0.575. The molecule has 0 N–H and O–H groups in total. The molecule has 124 valence electrons. The highest BCUT2D eigenvalue weighted by Crippen LogP contribution is 2.45. The zero-order valence-corrected chi connectivity index (χ0v) is 13.2. The van der Waals surface area contributed by atoms with Crippen molar-refractivity contribution < 1.29 is 18.3 Å². The molecule has 2 aliphatic heterocycles. The molecule has 3 fully saturated rings. The molecule has 0 amide bonds. The van der Waals surface area contributed by atoms with Gasteiger partial charge in [-0.15, -0.1) is 0 Å². The zero-order valence-electron chi connectivity index (χ0n) is 13.2. The van der Waals surface area contributed by atoms with Crippen molar-refractivity contribution in [2.75, 3.05) is 13.2 Å². The Morgan fingerprint density at radius 1 is 1.22 bits per heavy atom. The molecular formula is C18H21F2NO2. The summed E-state index contributed by atoms with van der Waals surface area (Å²) in [6, 6.07) is 4.44. The normalized spacial score (nSPS) is 36.7. The summed E-state index contributed by atoms with van der Waals surface area (Å²) in [5, 5.41) is 0. The van der Waals surface area contributed by atoms with E-state index in [2.05, 4.69) is 4.90 Å². The highest BCUT2D eigenvalue weighted by Gasteiger charge is 2.47. The SMILES string of the molecule is CC(=O)[C@@H]1CC(N2C[C@H]3C[C@@H]2CO3)C[C@H]1c1ccc(F)cc1F. The smallest absolute Gasteiger partial charge is 0.133 e. The standard InChI is InChI=1S/C18H21F2NO2/c1-10(22)16-6-12(21-8-14-5-13(21)9-23-14)7-17(16)15-3-2-11(19)4-18(15)20/h2-4,12-14,16-17H,5-9H2,1H3/t12?,13-,14-,16+,17+/m1/s1. The number of hydrogen-bond acceptors (Lipinski definition) is 3. The maximum Gasteiger partial charge on any atom is 0.133 e. The Labute approximate surface area is 134 Å². The molecule has 2 bridgehead atoms. The summed E-state index contributed by atoms with van der Waals surface area (Å²) in [6.07, 6.45) is 2.91. The van der Waals surface area contributed by atoms with Crippen LogP contribution in [-0.2, 0) is 9.53 Å². The lowest BCUT2D eigenvalue weighted by molar-refractivity contribution is -0.121. The first-order valence-corrected chi connectivity index (χ1v) is 8.35. The summed E-state index contributed by atoms with van der Waals surface area (Å²) in [5.41, 5.74) is 0.481. The van der Waals surface area contributed by atoms with E-state index in [0.717, 1.165) is 38.5 Å². The summed E-state index contributed by atoms with van der Waals surface area (Å²) in [6.45, 7) is 3.26. The molecule has 1 aliphatic carbocycles. The number of carbonyl (C=O) groups is 1. The van der Waals surface area contributed by atoms with Crippen LogP contribution in [0.25, 0.3) is 0 Å². The first kappa shape index (κ1) is 15.2. The number of ether oxygens (including phenoxy) is 1. The van der Waals surface area contributed by atoms with Gasteiger partial charge < -0.3 is 4.74 Å². The monoisotopic (exact) mass is 321 g/mol. The molecule has 4 rings (SSSR count). The van der Waals surface area contributed by atoms with Gasteiger partial charge in [-0.05, 0) is 43.7 Å². The maximum absolute atomic E-state index is 14.2. The Morgan fingerprint density at radius 2 is 2.04 bits per heavy atom. The third-order valence-corrected chi connectivity index (χ3v) is 5.83. The lowest BCUT2D eigenvalue weighted by Crippen LogP contribution is -2.43. The first-order chi connectivity index (χ1) is 11.0. The second kappa shape index (κ2) is 5.64. The summed E-state index contributed by atoms with van der Waals surface area (Å²) in [4.78, 5) is 14.5. The van der Waals surface area contributed by atoms with Gasteiger partial charge in [0, 0.05) is 30.6 Å². The van der Waals surface area contributed by atoms with E-state index < -0.39 is 11.6 Å². The van der Waals surface area contributed by atoms with E-state index in [4.69, 9.17) is 4.74 Å². The Hall–Kier alpha value is -1.33. The van der Waals surface area contributed by atoms with E-state index in [1.54, 1.807) is 6.92 Å². The molecule has 0 spiro atoms. The quantitative estimate of drug-likeness (QED) is 0.857. The molecule has 1 aromatic rings. The molecule has 5 heteroatoms. The molecule has 0 aromatic heterocycles. The highest BCUT2D eigenvalue weighted by molar-refractivity contribution is 5.80. The number of likely N-dealkylation sites (tertiary alicyclic amines) is 1. The van der Waals surface area contributed by atoms with Crippen LogP contribution in [0.1, 0.15) is 37.7 Å². The fourth-order valence-corrected chi connectivity index (χ4v) is 4.75. The second-order valence-electron chi connectivity index (χ2n) is 7.16. The van der Waals surface area contributed by atoms with Crippen molar-refractivity contribution in [2.24, 2.45) is 5.92 Å². The minimum absolute atomic E-state index is 0.0989. The molecule has 1 unspecified atom stereocenters. The number of rotatable bonds is 3. The van der Waals surface area contributed by atoms with E-state index in [0.29, 0.717) is 17.7 Å². The van der Waals surface area contributed by atoms with E-state index in [1.807, 2.05) is 0 Å². The average Bonchev–Trinajstić information content (AvgIpc) is 3.21. The number of morpholine rings is 1. The number of Topliss-reactive ketones (excluding diaryl/α,β-unsaturated/α-hetero) is 1. The van der Waals surface area contributed by atoms with Crippen molar-refractivity contribution in [1.82, 2.24) is 4.90 Å². The Morgan fingerprint density at radius 3 is 2.65 bits per heavy atom. The van der Waals surface area contributed by atoms with Crippen molar-refractivity contribution in [3.63, 3.8) is 0 Å². The molecule has 2 saturated heterocycles. The molecule has 0 radical (unpaired) electrons. The number of carbonyl (C=O) groups excluding carboxylic acids is 1. The molecule has 1 aromatic carbocycles. The average molecular weight is 321 g/mol. The van der Waals surface area contributed by atoms with Gasteiger partial charge in [0.1, 0.15) is 17.4 Å². The molecular weight excluding hydrogens is 300 g/mol. The second-order valence-corrected chi connectivity index (χ2v) is 7.16. The van der Waals surface area contributed by atoms with Crippen LogP contribution in [0.3, 0.4) is 0 Å². The van der Waals surface area contributed by atoms with E-state index in [1.165, 1.54) is 12.1 Å². The Bertz CT molecular complexity index is 635. The van der Waals surface area contributed by atoms with Crippen LogP contribution in [-0.4, -0.2) is 42.0 Å². The molecule has 5 atom stereocenters. The summed E-state index contributed by atoms with van der Waals surface area (Å²) >= 11 is 0. The van der Waals surface area contributed by atoms with Gasteiger partial charge in [-0.3, -0.25) is 9.69 Å². The summed E-state index contributed by atoms with van der Waals surface area (Å²) in [7, 11) is 0. The summed E-state index contributed by atoms with van der Waals surface area (Å²) in [5.74, 6) is -1.35. The molecule has 23 heavy (non-hydrogen) atoms. The largest absolute Gasteiger partial charge is 0.375 e. The number of nitrogens with zero attached hydrogens (tertiary/aromatic N) is 1. The third kappa shape index (κ3) is 2.60. The van der Waals surface area contributed by atoms with Gasteiger partial charge in [0.05, 0.1) is 12.7 Å². The van der Waals surface area contributed by atoms with Gasteiger partial charge >= 0.3 is 0 Å². The summed E-state index contributed by atoms with van der Waals surface area (Å²) < 4.78 is 33.0. The molecule has 2 heterocycles. The van der Waals surface area contributed by atoms with Gasteiger partial charge in [0.2, 0.25) is 0 Å². The van der Waals surface area contributed by atoms with Crippen LogP contribution in [0.4, 0.5) is 8.78 Å². The van der Waals surface area contributed by atoms with Gasteiger partial charge in [0.25, 0.3) is 0 Å². The molecule has 3 aliphatic rings. The lowest BCUT2D eigenvalue weighted by Gasteiger charge is -2.32. The highest BCUT2D eigenvalue weighted by atomic mass is 19.1. The van der Waals surface area contributed by atoms with Crippen LogP contribution in [0.15, 0.2) is 18.2 Å². The van der Waals surface area contributed by atoms with Gasteiger partial charge in [-0.1, -0.05) is 6.07 Å². The van der Waals surface area contributed by atoms with Crippen LogP contribution < -0.4 is 0 Å². The number of fused-ring (bicyclic) bond motifs is 2. The predicted molar refractivity (Wildman–Crippen MR) is 81.1 cm³/mol. The van der Waals surface area contributed by atoms with E-state index in [-0.39, 0.29) is 23.7 Å². The van der Waals surface area contributed by atoms with Crippen molar-refractivity contribution in [3.8, 4) is 0 Å². The van der Waals surface area contributed by atoms with Crippen molar-refractivity contribution >= 4 is 5.78 Å². The van der Waals surface area contributed by atoms with E-state index >= 15 is 0 Å². The van der Waals surface area contributed by atoms with Crippen LogP contribution in [0.2, 0.25) is 0 Å². The number of ketones is 1. The Kier molecular flexibility index (Phi) is 3.73. The predicted octanol–water partition coefficient (Wildman–Crippen LogP) is 2.89. The third-order valence-electron chi connectivity index (χ3n) is 5.83. The van der Waals surface area contributed by atoms with Crippen molar-refractivity contribution in [1.29, 1.82) is 0 Å². The van der Waals surface area contributed by atoms with Crippen LogP contribution >= 0.6 is 0 Å². The van der Waals surface area contributed by atoms with Crippen molar-refractivity contribution in [2.45, 2.75) is 50.3 Å². The molecule has 3 nitrogen and oxygen atoms in total. The van der Waals surface area contributed by atoms with Crippen molar-refractivity contribution in [3.05, 3.63) is 35.4 Å². The van der Waals surface area contributed by atoms with Gasteiger partial charge in [-0.25, -0.2) is 8.78 Å². The fourth-order valence-electron chi connectivity index (χ4n) is 4.75. The maximum atomic E-state index is 14.2. The van der Waals surface area contributed by atoms with Crippen LogP contribution in [0.5, 0.6) is 0 Å². The number of hydrogen-bond donors (Lipinski definition) is 0. The zero-order chi connectivity index (χ0) is 16.1. The van der Waals surface area contributed by atoms with Crippen LogP contribution in [0, 0.1) is 17.6 Å². The molecule has 1 saturated carbocycles. The number of benzene rings is 1. The minimum Gasteiger partial charge on any atom is -0.375 e. The Balaban J connectivity index is 1.59. The number of halogens is 2. The van der Waals surface area contributed by atoms with E-state index in [9.17, 15) is 13.6 Å². The van der Waals surface area contributed by atoms with Gasteiger partial charge in [-0.2, -0.15) is 0 Å². The topological polar surface area (TPSA) is 29.5 Å². The van der Waals surface area contributed by atoms with Gasteiger partial charge in [0.15, 0.2) is 0 Å².